The zero-order valence-electron chi connectivity index (χ0n) is 15.6. The van der Waals surface area contributed by atoms with Gasteiger partial charge in [-0.15, -0.1) is 0 Å². The van der Waals surface area contributed by atoms with Crippen LogP contribution in [0, 0.1) is 30.6 Å². The average Bonchev–Trinajstić information content (AvgIpc) is 3.29. The summed E-state index contributed by atoms with van der Waals surface area (Å²) in [4.78, 5) is 0.160. The van der Waals surface area contributed by atoms with E-state index < -0.39 is 28.3 Å². The van der Waals surface area contributed by atoms with Gasteiger partial charge in [0.25, 0.3) is 10.1 Å². The van der Waals surface area contributed by atoms with Gasteiger partial charge in [-0.2, -0.15) is 8.42 Å². The third kappa shape index (κ3) is 2.48. The van der Waals surface area contributed by atoms with E-state index in [1.165, 1.54) is 0 Å². The van der Waals surface area contributed by atoms with Gasteiger partial charge >= 0.3 is 0 Å². The fourth-order valence-electron chi connectivity index (χ4n) is 5.95. The Kier molecular flexibility index (Phi) is 4.02. The van der Waals surface area contributed by atoms with Crippen molar-refractivity contribution in [1.29, 1.82) is 0 Å². The number of unbranched alkanes of at least 4 members (excludes halogenated alkanes) is 1. The summed E-state index contributed by atoms with van der Waals surface area (Å²) >= 11 is 0. The fraction of sp³-hybridized carbons (Fsp3) is 0.700. The molecule has 0 amide bonds. The highest BCUT2D eigenvalue weighted by Gasteiger charge is 2.77. The van der Waals surface area contributed by atoms with Crippen LogP contribution in [0.25, 0.3) is 0 Å². The van der Waals surface area contributed by atoms with E-state index in [1.807, 2.05) is 6.92 Å². The largest absolute Gasteiger partial charge is 0.368 e. The maximum atomic E-state index is 12.8. The minimum atomic E-state index is -3.88. The number of hydrogen-bond donors (Lipinski definition) is 1. The summed E-state index contributed by atoms with van der Waals surface area (Å²) in [6, 6.07) is 6.67. The van der Waals surface area contributed by atoms with Crippen LogP contribution in [-0.4, -0.2) is 37.8 Å². The van der Waals surface area contributed by atoms with Gasteiger partial charge in [-0.3, -0.25) is 4.18 Å². The van der Waals surface area contributed by atoms with Crippen LogP contribution in [0.5, 0.6) is 0 Å². The molecule has 148 valence electrons. The van der Waals surface area contributed by atoms with Gasteiger partial charge in [0.2, 0.25) is 0 Å². The Morgan fingerprint density at radius 3 is 2.67 bits per heavy atom. The number of hydrogen-bond acceptors (Lipinski definition) is 6. The van der Waals surface area contributed by atoms with E-state index in [0.717, 1.165) is 31.2 Å². The van der Waals surface area contributed by atoms with Gasteiger partial charge in [0.15, 0.2) is 12.1 Å². The molecule has 0 aromatic heterocycles. The van der Waals surface area contributed by atoms with E-state index in [-0.39, 0.29) is 34.7 Å². The first-order valence-electron chi connectivity index (χ1n) is 9.90. The number of ether oxygens (including phenoxy) is 2. The summed E-state index contributed by atoms with van der Waals surface area (Å²) in [5, 5.41) is 10.5. The molecule has 2 saturated carbocycles. The zero-order chi connectivity index (χ0) is 19.0. The monoisotopic (exact) mass is 394 g/mol. The fourth-order valence-corrected chi connectivity index (χ4v) is 7.08. The van der Waals surface area contributed by atoms with Crippen molar-refractivity contribution < 1.29 is 27.2 Å². The highest BCUT2D eigenvalue weighted by atomic mass is 32.2. The predicted molar refractivity (Wildman–Crippen MR) is 96.0 cm³/mol. The molecule has 2 aliphatic heterocycles. The third-order valence-electron chi connectivity index (χ3n) is 7.00. The lowest BCUT2D eigenvalue weighted by Gasteiger charge is -2.33. The van der Waals surface area contributed by atoms with E-state index in [4.69, 9.17) is 13.7 Å². The highest BCUT2D eigenvalue weighted by Crippen LogP contribution is 2.69. The van der Waals surface area contributed by atoms with Crippen LogP contribution in [-0.2, 0) is 23.8 Å². The lowest BCUT2D eigenvalue weighted by atomic mass is 9.76. The van der Waals surface area contributed by atoms with Crippen LogP contribution < -0.4 is 0 Å². The van der Waals surface area contributed by atoms with Crippen molar-refractivity contribution in [3.8, 4) is 0 Å². The smallest absolute Gasteiger partial charge is 0.297 e. The van der Waals surface area contributed by atoms with Crippen LogP contribution in [0.4, 0.5) is 0 Å². The van der Waals surface area contributed by atoms with Crippen molar-refractivity contribution in [2.24, 2.45) is 23.7 Å². The number of rotatable bonds is 6. The standard InChI is InChI=1S/C20H26O6S/c1-3-4-9-20-16-14-10-13(15(16)19(21)25-20)18(17(14)24-20)26-27(22,23)12-7-5-11(2)6-8-12/h5-8,13-19,21H,3-4,9-10H2,1-2H3/t13?,14?,15?,16?,17?,18-,19-,20?/m0/s1. The van der Waals surface area contributed by atoms with Crippen molar-refractivity contribution in [3.05, 3.63) is 29.8 Å². The van der Waals surface area contributed by atoms with Crippen LogP contribution in [0.3, 0.4) is 0 Å². The first kappa shape index (κ1) is 18.1. The van der Waals surface area contributed by atoms with Gasteiger partial charge < -0.3 is 14.6 Å². The van der Waals surface area contributed by atoms with E-state index in [1.54, 1.807) is 24.3 Å². The molecule has 2 bridgehead atoms. The van der Waals surface area contributed by atoms with E-state index in [0.29, 0.717) is 0 Å². The molecule has 7 heteroatoms. The Labute approximate surface area is 159 Å². The SMILES string of the molecule is CCCCC12OC3C4CC(C(C41)[C@@H](O)O2)[C@@H]3OS(=O)(=O)c1ccc(C)cc1. The van der Waals surface area contributed by atoms with E-state index >= 15 is 0 Å². The lowest BCUT2D eigenvalue weighted by Crippen LogP contribution is -2.43. The average molecular weight is 394 g/mol. The first-order chi connectivity index (χ1) is 12.9. The summed E-state index contributed by atoms with van der Waals surface area (Å²) < 4.78 is 43.6. The molecule has 6 unspecified atom stereocenters. The normalized spacial score (nSPS) is 44.3. The molecule has 2 aliphatic carbocycles. The van der Waals surface area contributed by atoms with Crippen LogP contribution in [0.1, 0.15) is 38.2 Å². The molecule has 8 atom stereocenters. The second kappa shape index (κ2) is 6.00. The molecule has 27 heavy (non-hydrogen) atoms. The molecule has 2 heterocycles. The topological polar surface area (TPSA) is 82.1 Å². The first-order valence-corrected chi connectivity index (χ1v) is 11.3. The van der Waals surface area contributed by atoms with E-state index in [9.17, 15) is 13.5 Å². The second-order valence-electron chi connectivity index (χ2n) is 8.50. The summed E-state index contributed by atoms with van der Waals surface area (Å²) in [7, 11) is -3.88. The van der Waals surface area contributed by atoms with Crippen molar-refractivity contribution in [1.82, 2.24) is 0 Å². The summed E-state index contributed by atoms with van der Waals surface area (Å²) in [5.74, 6) is -0.575. The number of fused-ring (bicyclic) bond motifs is 2. The Morgan fingerprint density at radius 2 is 1.96 bits per heavy atom. The second-order valence-corrected chi connectivity index (χ2v) is 10.1. The molecule has 4 aliphatic rings. The third-order valence-corrected chi connectivity index (χ3v) is 8.33. The molecular weight excluding hydrogens is 368 g/mol. The number of benzene rings is 1. The molecule has 2 saturated heterocycles. The van der Waals surface area contributed by atoms with Gasteiger partial charge in [-0.05, 0) is 43.7 Å². The Balaban J connectivity index is 1.43. The number of aryl methyl sites for hydroxylation is 1. The molecule has 4 fully saturated rings. The van der Waals surface area contributed by atoms with Gasteiger partial charge in [0.1, 0.15) is 6.10 Å². The van der Waals surface area contributed by atoms with Crippen LogP contribution >= 0.6 is 0 Å². The Bertz CT molecular complexity index is 837. The molecular formula is C20H26O6S. The van der Waals surface area contributed by atoms with Crippen molar-refractivity contribution >= 4 is 10.1 Å². The minimum Gasteiger partial charge on any atom is -0.368 e. The summed E-state index contributed by atoms with van der Waals surface area (Å²) in [6.07, 6.45) is 1.80. The maximum absolute atomic E-state index is 12.8. The van der Waals surface area contributed by atoms with Gasteiger partial charge in [-0.25, -0.2) is 0 Å². The van der Waals surface area contributed by atoms with Gasteiger partial charge in [-0.1, -0.05) is 31.0 Å². The molecule has 5 rings (SSSR count). The zero-order valence-corrected chi connectivity index (χ0v) is 16.4. The molecule has 0 spiro atoms. The van der Waals surface area contributed by atoms with E-state index in [2.05, 4.69) is 6.92 Å². The van der Waals surface area contributed by atoms with Crippen LogP contribution in [0.2, 0.25) is 0 Å². The molecule has 1 N–H and O–H groups in total. The minimum absolute atomic E-state index is 0.0498. The van der Waals surface area contributed by atoms with Crippen LogP contribution in [0.15, 0.2) is 29.2 Å². The lowest BCUT2D eigenvalue weighted by molar-refractivity contribution is -0.283. The predicted octanol–water partition coefficient (Wildman–Crippen LogP) is 2.58. The van der Waals surface area contributed by atoms with Crippen molar-refractivity contribution in [3.63, 3.8) is 0 Å². The molecule has 6 nitrogen and oxygen atoms in total. The maximum Gasteiger partial charge on any atom is 0.297 e. The number of aliphatic hydroxyl groups excluding tert-OH is 1. The van der Waals surface area contributed by atoms with Gasteiger partial charge in [0, 0.05) is 18.3 Å². The van der Waals surface area contributed by atoms with Crippen molar-refractivity contribution in [2.75, 3.05) is 0 Å². The summed E-state index contributed by atoms with van der Waals surface area (Å²) in [6.45, 7) is 4.02. The van der Waals surface area contributed by atoms with Gasteiger partial charge in [0.05, 0.1) is 11.0 Å². The molecule has 1 aromatic carbocycles. The summed E-state index contributed by atoms with van der Waals surface area (Å²) in [5.41, 5.74) is 0.992. The number of aliphatic hydroxyl groups is 1. The highest BCUT2D eigenvalue weighted by molar-refractivity contribution is 7.86. The van der Waals surface area contributed by atoms with Crippen molar-refractivity contribution in [2.45, 2.75) is 68.7 Å². The molecule has 0 radical (unpaired) electrons. The Hall–Kier alpha value is -0.990. The quantitative estimate of drug-likeness (QED) is 0.747. The Morgan fingerprint density at radius 1 is 1.22 bits per heavy atom. The molecule has 1 aromatic rings.